The van der Waals surface area contributed by atoms with Crippen LogP contribution in [0.4, 0.5) is 0 Å². The van der Waals surface area contributed by atoms with Crippen molar-refractivity contribution in [2.75, 3.05) is 20.2 Å². The second kappa shape index (κ2) is 11.6. The number of halogens is 2. The van der Waals surface area contributed by atoms with Gasteiger partial charge in [0.1, 0.15) is 5.75 Å². The number of aliphatic carboxylic acids is 1. The van der Waals surface area contributed by atoms with Gasteiger partial charge in [-0.1, -0.05) is 53.2 Å². The standard InChI is InChI=1S/C26H26Cl2N2O5S/c1-35-19-4-2-3-5-20(19)36-21-8-6-15(23(27)24(21)28)7-9-22(31)30-12-10-16(11-13-30)29-25(32)17-14-18(17)26(33)34/h2-9,16-18H,10-14H2,1H3,(H,29,32)(H,33,34). The summed E-state index contributed by atoms with van der Waals surface area (Å²) >= 11 is 14.5. The number of likely N-dealkylation sites (tertiary alicyclic amines) is 1. The van der Waals surface area contributed by atoms with Gasteiger partial charge >= 0.3 is 5.97 Å². The first kappa shape index (κ1) is 26.4. The molecule has 2 amide bonds. The van der Waals surface area contributed by atoms with E-state index in [-0.39, 0.29) is 17.9 Å². The molecule has 2 N–H and O–H groups in total. The fourth-order valence-electron chi connectivity index (χ4n) is 4.15. The van der Waals surface area contributed by atoms with Crippen LogP contribution in [-0.4, -0.2) is 54.0 Å². The van der Waals surface area contributed by atoms with Gasteiger partial charge in [-0.25, -0.2) is 0 Å². The molecule has 2 atom stereocenters. The number of ether oxygens (including phenoxy) is 1. The summed E-state index contributed by atoms with van der Waals surface area (Å²) in [5, 5.41) is 12.7. The minimum absolute atomic E-state index is 0.0536. The lowest BCUT2D eigenvalue weighted by molar-refractivity contribution is -0.140. The number of hydrogen-bond acceptors (Lipinski definition) is 5. The molecule has 1 aliphatic heterocycles. The maximum atomic E-state index is 12.7. The first-order valence-corrected chi connectivity index (χ1v) is 13.1. The third-order valence-electron chi connectivity index (χ3n) is 6.37. The predicted octanol–water partition coefficient (Wildman–Crippen LogP) is 4.99. The highest BCUT2D eigenvalue weighted by atomic mass is 35.5. The lowest BCUT2D eigenvalue weighted by Crippen LogP contribution is -2.46. The highest BCUT2D eigenvalue weighted by Gasteiger charge is 2.48. The number of benzene rings is 2. The van der Waals surface area contributed by atoms with Crippen molar-refractivity contribution in [3.05, 3.63) is 58.1 Å². The lowest BCUT2D eigenvalue weighted by atomic mass is 10.0. The molecule has 2 unspecified atom stereocenters. The molecule has 190 valence electrons. The number of hydrogen-bond donors (Lipinski definition) is 2. The highest BCUT2D eigenvalue weighted by molar-refractivity contribution is 7.99. The first-order chi connectivity index (χ1) is 17.3. The van der Waals surface area contributed by atoms with Crippen molar-refractivity contribution < 1.29 is 24.2 Å². The number of nitrogens with zero attached hydrogens (tertiary/aromatic N) is 1. The molecule has 2 aliphatic rings. The number of carbonyl (C=O) groups excluding carboxylic acids is 2. The zero-order chi connectivity index (χ0) is 25.8. The quantitative estimate of drug-likeness (QED) is 0.451. The Labute approximate surface area is 223 Å². The number of rotatable bonds is 8. The van der Waals surface area contributed by atoms with Gasteiger partial charge in [0.25, 0.3) is 0 Å². The largest absolute Gasteiger partial charge is 0.496 e. The van der Waals surface area contributed by atoms with Crippen LogP contribution in [0.15, 0.2) is 52.3 Å². The van der Waals surface area contributed by atoms with Gasteiger partial charge in [0.15, 0.2) is 0 Å². The van der Waals surface area contributed by atoms with Gasteiger partial charge in [0.05, 0.1) is 33.9 Å². The van der Waals surface area contributed by atoms with E-state index in [1.165, 1.54) is 17.8 Å². The van der Waals surface area contributed by atoms with E-state index >= 15 is 0 Å². The molecule has 0 radical (unpaired) electrons. The summed E-state index contributed by atoms with van der Waals surface area (Å²) in [5.41, 5.74) is 0.638. The SMILES string of the molecule is COc1ccccc1Sc1ccc(C=CC(=O)N2CCC(NC(=O)C3CC3C(=O)O)CC2)c(Cl)c1Cl. The third-order valence-corrected chi connectivity index (χ3v) is 8.49. The normalized spacial score (nSPS) is 19.8. The van der Waals surface area contributed by atoms with Crippen LogP contribution in [0.2, 0.25) is 10.0 Å². The molecule has 4 rings (SSSR count). The van der Waals surface area contributed by atoms with Gasteiger partial charge in [-0.3, -0.25) is 14.4 Å². The van der Waals surface area contributed by atoms with Gasteiger partial charge in [-0.05, 0) is 49.1 Å². The first-order valence-electron chi connectivity index (χ1n) is 11.6. The molecular weight excluding hydrogens is 523 g/mol. The van der Waals surface area contributed by atoms with Gasteiger partial charge in [0.2, 0.25) is 11.8 Å². The van der Waals surface area contributed by atoms with E-state index in [4.69, 9.17) is 33.0 Å². The summed E-state index contributed by atoms with van der Waals surface area (Å²) in [7, 11) is 1.61. The second-order valence-electron chi connectivity index (χ2n) is 8.76. The number of amides is 2. The fourth-order valence-corrected chi connectivity index (χ4v) is 5.69. The van der Waals surface area contributed by atoms with Crippen molar-refractivity contribution in [3.8, 4) is 5.75 Å². The number of carboxylic acid groups (broad SMARTS) is 1. The van der Waals surface area contributed by atoms with Crippen LogP contribution < -0.4 is 10.1 Å². The van der Waals surface area contributed by atoms with Gasteiger partial charge in [-0.2, -0.15) is 0 Å². The summed E-state index contributed by atoms with van der Waals surface area (Å²) in [5.74, 6) is -1.52. The smallest absolute Gasteiger partial charge is 0.307 e. The average molecular weight is 549 g/mol. The molecule has 2 aromatic carbocycles. The zero-order valence-corrected chi connectivity index (χ0v) is 21.9. The van der Waals surface area contributed by atoms with Crippen molar-refractivity contribution in [2.24, 2.45) is 11.8 Å². The van der Waals surface area contributed by atoms with Crippen LogP contribution in [0.1, 0.15) is 24.8 Å². The van der Waals surface area contributed by atoms with E-state index < -0.39 is 17.8 Å². The van der Waals surface area contributed by atoms with Crippen molar-refractivity contribution >= 4 is 58.8 Å². The van der Waals surface area contributed by atoms with Crippen LogP contribution in [-0.2, 0) is 14.4 Å². The maximum absolute atomic E-state index is 12.7. The van der Waals surface area contributed by atoms with E-state index in [0.717, 1.165) is 15.5 Å². The Bertz CT molecular complexity index is 1200. The Hall–Kier alpha value is -2.68. The molecule has 36 heavy (non-hydrogen) atoms. The molecule has 1 saturated carbocycles. The zero-order valence-electron chi connectivity index (χ0n) is 19.6. The minimum atomic E-state index is -0.923. The van der Waals surface area contributed by atoms with Crippen LogP contribution in [0.5, 0.6) is 5.75 Å². The van der Waals surface area contributed by atoms with Gasteiger partial charge in [0, 0.05) is 30.1 Å². The average Bonchev–Trinajstić information content (AvgIpc) is 3.69. The van der Waals surface area contributed by atoms with Crippen molar-refractivity contribution in [1.82, 2.24) is 10.2 Å². The van der Waals surface area contributed by atoms with E-state index in [9.17, 15) is 14.4 Å². The minimum Gasteiger partial charge on any atom is -0.496 e. The Morgan fingerprint density at radius 3 is 2.44 bits per heavy atom. The molecule has 10 heteroatoms. The molecule has 2 fully saturated rings. The molecule has 0 spiro atoms. The molecular formula is C26H26Cl2N2O5S. The van der Waals surface area contributed by atoms with E-state index in [0.29, 0.717) is 48.0 Å². The number of nitrogens with one attached hydrogen (secondary N) is 1. The van der Waals surface area contributed by atoms with Gasteiger partial charge in [-0.15, -0.1) is 0 Å². The monoisotopic (exact) mass is 548 g/mol. The third kappa shape index (κ3) is 6.17. The Morgan fingerprint density at radius 2 is 1.78 bits per heavy atom. The molecule has 0 bridgehead atoms. The molecule has 7 nitrogen and oxygen atoms in total. The van der Waals surface area contributed by atoms with Crippen LogP contribution in [0, 0.1) is 11.8 Å². The van der Waals surface area contributed by atoms with Crippen LogP contribution in [0.3, 0.4) is 0 Å². The molecule has 1 saturated heterocycles. The number of piperidine rings is 1. The predicted molar refractivity (Wildman–Crippen MR) is 140 cm³/mol. The lowest BCUT2D eigenvalue weighted by Gasteiger charge is -2.31. The summed E-state index contributed by atoms with van der Waals surface area (Å²) in [6, 6.07) is 11.3. The number of methoxy groups -OCH3 is 1. The summed E-state index contributed by atoms with van der Waals surface area (Å²) < 4.78 is 5.39. The van der Waals surface area contributed by atoms with Crippen LogP contribution >= 0.6 is 35.0 Å². The summed E-state index contributed by atoms with van der Waals surface area (Å²) in [6.07, 6.45) is 4.77. The molecule has 1 aliphatic carbocycles. The maximum Gasteiger partial charge on any atom is 0.307 e. The number of carboxylic acids is 1. The molecule has 0 aromatic heterocycles. The summed E-state index contributed by atoms with van der Waals surface area (Å²) in [4.78, 5) is 39.2. The number of para-hydroxylation sites is 1. The number of carbonyl (C=O) groups is 3. The Morgan fingerprint density at radius 1 is 1.06 bits per heavy atom. The van der Waals surface area contributed by atoms with Crippen molar-refractivity contribution in [2.45, 2.75) is 35.1 Å². The molecule has 1 heterocycles. The highest BCUT2D eigenvalue weighted by Crippen LogP contribution is 2.42. The van der Waals surface area contributed by atoms with E-state index in [1.54, 1.807) is 18.1 Å². The van der Waals surface area contributed by atoms with Gasteiger partial charge < -0.3 is 20.1 Å². The Balaban J connectivity index is 1.31. The van der Waals surface area contributed by atoms with Crippen LogP contribution in [0.25, 0.3) is 6.08 Å². The summed E-state index contributed by atoms with van der Waals surface area (Å²) in [6.45, 7) is 1.01. The van der Waals surface area contributed by atoms with E-state index in [2.05, 4.69) is 5.32 Å². The topological polar surface area (TPSA) is 95.9 Å². The van der Waals surface area contributed by atoms with Crippen molar-refractivity contribution in [1.29, 1.82) is 0 Å². The molecule has 2 aromatic rings. The fraction of sp³-hybridized carbons (Fsp3) is 0.346. The second-order valence-corrected chi connectivity index (χ2v) is 10.6. The van der Waals surface area contributed by atoms with Crippen molar-refractivity contribution in [3.63, 3.8) is 0 Å². The van der Waals surface area contributed by atoms with E-state index in [1.807, 2.05) is 36.4 Å². The Kier molecular flexibility index (Phi) is 8.49.